The van der Waals surface area contributed by atoms with E-state index < -0.39 is 0 Å². The number of carbonyl (C=O) groups excluding carboxylic acids is 1. The summed E-state index contributed by atoms with van der Waals surface area (Å²) in [6.07, 6.45) is 8.46. The number of fused-ring (bicyclic) bond motifs is 1. The van der Waals surface area contributed by atoms with Crippen LogP contribution in [0, 0.1) is 0 Å². The molecule has 0 saturated carbocycles. The fraction of sp³-hybridized carbons (Fsp3) is 0. The van der Waals surface area contributed by atoms with Crippen LogP contribution >= 0.6 is 0 Å². The molecule has 1 aromatic carbocycles. The Kier molecular flexibility index (Phi) is 3.33. The van der Waals surface area contributed by atoms with Gasteiger partial charge in [-0.15, -0.1) is 0 Å². The first-order chi connectivity index (χ1) is 9.83. The van der Waals surface area contributed by atoms with Gasteiger partial charge < -0.3 is 0 Å². The predicted octanol–water partition coefficient (Wildman–Crippen LogP) is 3.53. The number of aromatic nitrogens is 2. The Bertz CT molecular complexity index is 779. The number of hydrogen-bond acceptors (Lipinski definition) is 3. The van der Waals surface area contributed by atoms with Gasteiger partial charge in [0.25, 0.3) is 0 Å². The van der Waals surface area contributed by atoms with Crippen LogP contribution in [0.1, 0.15) is 15.9 Å². The van der Waals surface area contributed by atoms with Crippen molar-refractivity contribution in [2.75, 3.05) is 0 Å². The summed E-state index contributed by atoms with van der Waals surface area (Å²) in [6.45, 7) is 0. The van der Waals surface area contributed by atoms with Gasteiger partial charge in [-0.25, -0.2) is 0 Å². The third-order valence-electron chi connectivity index (χ3n) is 3.00. The van der Waals surface area contributed by atoms with Crippen LogP contribution in [0.25, 0.3) is 17.0 Å². The zero-order valence-electron chi connectivity index (χ0n) is 10.7. The number of nitrogens with zero attached hydrogens (tertiary/aromatic N) is 2. The van der Waals surface area contributed by atoms with E-state index in [0.717, 1.165) is 16.5 Å². The Morgan fingerprint density at radius 1 is 1.05 bits per heavy atom. The summed E-state index contributed by atoms with van der Waals surface area (Å²) in [4.78, 5) is 20.4. The molecule has 3 nitrogen and oxygen atoms in total. The lowest BCUT2D eigenvalue weighted by molar-refractivity contribution is 0.104. The minimum atomic E-state index is -0.0404. The van der Waals surface area contributed by atoms with Gasteiger partial charge in [0, 0.05) is 29.5 Å². The van der Waals surface area contributed by atoms with Gasteiger partial charge >= 0.3 is 0 Å². The van der Waals surface area contributed by atoms with E-state index in [1.807, 2.05) is 42.5 Å². The Morgan fingerprint density at radius 2 is 1.95 bits per heavy atom. The zero-order chi connectivity index (χ0) is 13.8. The van der Waals surface area contributed by atoms with Crippen LogP contribution in [0.3, 0.4) is 0 Å². The van der Waals surface area contributed by atoms with Crippen molar-refractivity contribution in [3.05, 3.63) is 78.3 Å². The number of allylic oxidation sites excluding steroid dienone is 1. The summed E-state index contributed by atoms with van der Waals surface area (Å²) in [7, 11) is 0. The Hall–Kier alpha value is -2.81. The van der Waals surface area contributed by atoms with Gasteiger partial charge in [0.15, 0.2) is 5.78 Å². The van der Waals surface area contributed by atoms with Crippen LogP contribution in [-0.4, -0.2) is 15.8 Å². The topological polar surface area (TPSA) is 42.9 Å². The quantitative estimate of drug-likeness (QED) is 0.534. The molecule has 0 aliphatic carbocycles. The minimum Gasteiger partial charge on any atom is -0.289 e. The highest BCUT2D eigenvalue weighted by Crippen LogP contribution is 2.14. The average molecular weight is 260 g/mol. The molecule has 0 radical (unpaired) electrons. The molecular weight excluding hydrogens is 248 g/mol. The molecule has 0 saturated heterocycles. The third kappa shape index (κ3) is 2.62. The molecule has 0 atom stereocenters. The molecule has 0 unspecified atom stereocenters. The van der Waals surface area contributed by atoms with Gasteiger partial charge in [-0.2, -0.15) is 0 Å². The van der Waals surface area contributed by atoms with Crippen LogP contribution < -0.4 is 0 Å². The first kappa shape index (κ1) is 12.2. The number of pyridine rings is 2. The van der Waals surface area contributed by atoms with Crippen LogP contribution in [0.15, 0.2) is 67.1 Å². The van der Waals surface area contributed by atoms with Gasteiger partial charge in [0.05, 0.1) is 5.52 Å². The lowest BCUT2D eigenvalue weighted by Crippen LogP contribution is -1.94. The fourth-order valence-electron chi connectivity index (χ4n) is 1.96. The Labute approximate surface area is 116 Å². The second-order valence-corrected chi connectivity index (χ2v) is 4.39. The summed E-state index contributed by atoms with van der Waals surface area (Å²) < 4.78 is 0. The summed E-state index contributed by atoms with van der Waals surface area (Å²) in [5.74, 6) is -0.0404. The van der Waals surface area contributed by atoms with Crippen molar-refractivity contribution in [3.63, 3.8) is 0 Å². The predicted molar refractivity (Wildman–Crippen MR) is 79.3 cm³/mol. The zero-order valence-corrected chi connectivity index (χ0v) is 10.7. The molecule has 0 fully saturated rings. The highest BCUT2D eigenvalue weighted by Gasteiger charge is 2.03. The van der Waals surface area contributed by atoms with E-state index >= 15 is 0 Å². The Balaban J connectivity index is 1.87. The molecule has 96 valence electrons. The molecule has 2 aromatic heterocycles. The smallest absolute Gasteiger partial charge is 0.185 e. The standard InChI is InChI=1S/C17H12N2O/c20-17(8-5-13-3-1-9-18-12-13)15-7-6-14-4-2-10-19-16(14)11-15/h1-12H. The molecule has 3 aromatic rings. The molecule has 0 aliphatic heterocycles. The van der Waals surface area contributed by atoms with Crippen molar-refractivity contribution < 1.29 is 4.79 Å². The first-order valence-corrected chi connectivity index (χ1v) is 6.30. The molecule has 0 N–H and O–H groups in total. The lowest BCUT2D eigenvalue weighted by atomic mass is 10.1. The number of benzene rings is 1. The van der Waals surface area contributed by atoms with Crippen molar-refractivity contribution in [1.82, 2.24) is 9.97 Å². The number of rotatable bonds is 3. The SMILES string of the molecule is O=C(C=Cc1cccnc1)c1ccc2cccnc2c1. The van der Waals surface area contributed by atoms with E-state index in [1.165, 1.54) is 0 Å². The normalized spacial score (nSPS) is 11.0. The molecule has 0 aliphatic rings. The van der Waals surface area contributed by atoms with E-state index in [-0.39, 0.29) is 5.78 Å². The van der Waals surface area contributed by atoms with Gasteiger partial charge in [0.1, 0.15) is 0 Å². The average Bonchev–Trinajstić information content (AvgIpc) is 2.53. The fourth-order valence-corrected chi connectivity index (χ4v) is 1.96. The van der Waals surface area contributed by atoms with Crippen molar-refractivity contribution in [3.8, 4) is 0 Å². The van der Waals surface area contributed by atoms with Crippen molar-refractivity contribution in [1.29, 1.82) is 0 Å². The monoisotopic (exact) mass is 260 g/mol. The summed E-state index contributed by atoms with van der Waals surface area (Å²) in [5.41, 5.74) is 2.37. The van der Waals surface area contributed by atoms with Crippen LogP contribution in [0.4, 0.5) is 0 Å². The summed E-state index contributed by atoms with van der Waals surface area (Å²) >= 11 is 0. The second kappa shape index (κ2) is 5.45. The summed E-state index contributed by atoms with van der Waals surface area (Å²) in [5, 5.41) is 1.03. The van der Waals surface area contributed by atoms with Crippen molar-refractivity contribution >= 4 is 22.8 Å². The maximum atomic E-state index is 12.1. The third-order valence-corrected chi connectivity index (χ3v) is 3.00. The van der Waals surface area contributed by atoms with Gasteiger partial charge in [-0.1, -0.05) is 24.3 Å². The molecule has 0 amide bonds. The molecule has 0 bridgehead atoms. The van der Waals surface area contributed by atoms with Gasteiger partial charge in [-0.3, -0.25) is 14.8 Å². The Morgan fingerprint density at radius 3 is 2.80 bits per heavy atom. The van der Waals surface area contributed by atoms with Crippen LogP contribution in [0.5, 0.6) is 0 Å². The largest absolute Gasteiger partial charge is 0.289 e. The van der Waals surface area contributed by atoms with Gasteiger partial charge in [-0.05, 0) is 35.9 Å². The van der Waals surface area contributed by atoms with E-state index in [9.17, 15) is 4.79 Å². The van der Waals surface area contributed by atoms with Crippen LogP contribution in [-0.2, 0) is 0 Å². The van der Waals surface area contributed by atoms with Crippen LogP contribution in [0.2, 0.25) is 0 Å². The van der Waals surface area contributed by atoms with Crippen molar-refractivity contribution in [2.24, 2.45) is 0 Å². The number of carbonyl (C=O) groups is 1. The molecule has 3 heteroatoms. The first-order valence-electron chi connectivity index (χ1n) is 6.30. The number of hydrogen-bond donors (Lipinski definition) is 0. The summed E-state index contributed by atoms with van der Waals surface area (Å²) in [6, 6.07) is 13.1. The molecular formula is C17H12N2O. The second-order valence-electron chi connectivity index (χ2n) is 4.39. The highest BCUT2D eigenvalue weighted by molar-refractivity contribution is 6.08. The van der Waals surface area contributed by atoms with E-state index in [0.29, 0.717) is 5.56 Å². The number of ketones is 1. The van der Waals surface area contributed by atoms with Gasteiger partial charge in [0.2, 0.25) is 0 Å². The molecule has 2 heterocycles. The minimum absolute atomic E-state index is 0.0404. The highest BCUT2D eigenvalue weighted by atomic mass is 16.1. The van der Waals surface area contributed by atoms with E-state index in [2.05, 4.69) is 9.97 Å². The maximum absolute atomic E-state index is 12.1. The molecule has 20 heavy (non-hydrogen) atoms. The lowest BCUT2D eigenvalue weighted by Gasteiger charge is -1.99. The maximum Gasteiger partial charge on any atom is 0.185 e. The molecule has 0 spiro atoms. The molecule has 3 rings (SSSR count). The van der Waals surface area contributed by atoms with E-state index in [1.54, 1.807) is 30.7 Å². The van der Waals surface area contributed by atoms with Crippen molar-refractivity contribution in [2.45, 2.75) is 0 Å². The van der Waals surface area contributed by atoms with E-state index in [4.69, 9.17) is 0 Å².